The van der Waals surface area contributed by atoms with E-state index >= 15 is 0 Å². The number of hydrogen-bond acceptors (Lipinski definition) is 0. The highest BCUT2D eigenvalue weighted by atomic mass is 79.9. The smallest absolute Gasteiger partial charge is 0.0619 e. The Hall–Kier alpha value is -6.16. The highest BCUT2D eigenvalue weighted by Crippen LogP contribution is 2.43. The summed E-state index contributed by atoms with van der Waals surface area (Å²) >= 11 is 3.75. The maximum absolute atomic E-state index is 3.75. The summed E-state index contributed by atoms with van der Waals surface area (Å²) in [5.74, 6) is 0. The molecule has 2 nitrogen and oxygen atoms in total. The Bertz CT molecular complexity index is 2920. The van der Waals surface area contributed by atoms with E-state index in [1.54, 1.807) is 0 Å². The van der Waals surface area contributed by atoms with Crippen molar-refractivity contribution >= 4 is 59.5 Å². The summed E-state index contributed by atoms with van der Waals surface area (Å²) < 4.78 is 5.89. The van der Waals surface area contributed by atoms with Crippen molar-refractivity contribution in [1.29, 1.82) is 0 Å². The summed E-state index contributed by atoms with van der Waals surface area (Å²) in [4.78, 5) is 0. The van der Waals surface area contributed by atoms with E-state index in [0.717, 1.165) is 15.8 Å². The van der Waals surface area contributed by atoms with Crippen molar-refractivity contribution < 1.29 is 0 Å². The van der Waals surface area contributed by atoms with Crippen molar-refractivity contribution in [2.75, 3.05) is 0 Å². The minimum atomic E-state index is 1.06. The first-order valence-corrected chi connectivity index (χ1v) is 18.1. The average Bonchev–Trinajstić information content (AvgIpc) is 3.72. The van der Waals surface area contributed by atoms with Crippen LogP contribution < -0.4 is 0 Å². The number of para-hydroxylation sites is 5. The molecule has 51 heavy (non-hydrogen) atoms. The zero-order chi connectivity index (χ0) is 33.9. The Balaban J connectivity index is 1.30. The Morgan fingerprint density at radius 3 is 1.61 bits per heavy atom. The molecule has 10 rings (SSSR count). The lowest BCUT2D eigenvalue weighted by Gasteiger charge is -2.15. The third-order valence-electron chi connectivity index (χ3n) is 10.1. The predicted molar refractivity (Wildman–Crippen MR) is 219 cm³/mol. The second kappa shape index (κ2) is 12.0. The van der Waals surface area contributed by atoms with Gasteiger partial charge in [-0.25, -0.2) is 0 Å². The molecule has 3 heteroatoms. The first kappa shape index (κ1) is 29.7. The van der Waals surface area contributed by atoms with Crippen molar-refractivity contribution in [3.05, 3.63) is 193 Å². The van der Waals surface area contributed by atoms with Crippen LogP contribution in [0.4, 0.5) is 0 Å². The summed E-state index contributed by atoms with van der Waals surface area (Å²) in [7, 11) is 0. The molecule has 0 aliphatic carbocycles. The summed E-state index contributed by atoms with van der Waals surface area (Å²) in [5, 5.41) is 4.99. The Kier molecular flexibility index (Phi) is 7.00. The zero-order valence-electron chi connectivity index (χ0n) is 27.7. The second-order valence-electron chi connectivity index (χ2n) is 13.1. The molecule has 0 spiro atoms. The van der Waals surface area contributed by atoms with E-state index in [1.807, 2.05) is 0 Å². The molecule has 0 N–H and O–H groups in total. The molecule has 0 bridgehead atoms. The first-order chi connectivity index (χ1) is 25.2. The molecular weight excluding hydrogens is 684 g/mol. The Morgan fingerprint density at radius 1 is 0.333 bits per heavy atom. The van der Waals surface area contributed by atoms with Gasteiger partial charge >= 0.3 is 0 Å². The molecule has 0 saturated heterocycles. The van der Waals surface area contributed by atoms with Crippen LogP contribution in [0.2, 0.25) is 0 Å². The Morgan fingerprint density at radius 2 is 0.863 bits per heavy atom. The SMILES string of the molecule is Brc1cccc(-c2cc(-c3cccc4c3c3ccccc3n4-c3ccccc3)cc(-c3cccc4c5ccccc5n(-c5ccccc5)c34)c2)c1. The fourth-order valence-electron chi connectivity index (χ4n) is 7.99. The van der Waals surface area contributed by atoms with Crippen molar-refractivity contribution in [2.24, 2.45) is 0 Å². The molecule has 0 unspecified atom stereocenters. The number of aromatic nitrogens is 2. The van der Waals surface area contributed by atoms with Gasteiger partial charge in [0.2, 0.25) is 0 Å². The van der Waals surface area contributed by atoms with Crippen LogP contribution in [0.25, 0.3) is 88.4 Å². The van der Waals surface area contributed by atoms with Crippen LogP contribution in [0.5, 0.6) is 0 Å². The molecular formula is C48H31BrN2. The predicted octanol–water partition coefficient (Wildman–Crippen LogP) is 13.6. The second-order valence-corrected chi connectivity index (χ2v) is 14.0. The van der Waals surface area contributed by atoms with Gasteiger partial charge in [-0.15, -0.1) is 0 Å². The zero-order valence-corrected chi connectivity index (χ0v) is 29.3. The highest BCUT2D eigenvalue weighted by molar-refractivity contribution is 9.10. The van der Waals surface area contributed by atoms with E-state index in [1.165, 1.54) is 77.0 Å². The van der Waals surface area contributed by atoms with Gasteiger partial charge < -0.3 is 9.13 Å². The van der Waals surface area contributed by atoms with Crippen LogP contribution in [0, 0.1) is 0 Å². The van der Waals surface area contributed by atoms with E-state index in [4.69, 9.17) is 0 Å². The number of rotatable bonds is 5. The molecule has 0 amide bonds. The van der Waals surface area contributed by atoms with Crippen LogP contribution in [0.15, 0.2) is 193 Å². The normalized spacial score (nSPS) is 11.6. The molecule has 0 aliphatic rings. The molecule has 240 valence electrons. The number of nitrogens with zero attached hydrogens (tertiary/aromatic N) is 2. The standard InChI is InChI=1S/C48H31BrN2/c49-36-15-11-14-32(31-36)33-28-34(39-22-13-27-46-47(39)43-21-8-10-26-45(43)50(46)37-16-3-1-4-17-37)30-35(29-33)40-23-12-24-42-41-20-7-9-25-44(41)51(48(40)42)38-18-5-2-6-19-38/h1-31H. The molecule has 2 aromatic heterocycles. The van der Waals surface area contributed by atoms with Crippen molar-refractivity contribution in [3.8, 4) is 44.8 Å². The van der Waals surface area contributed by atoms with Gasteiger partial charge in [-0.1, -0.05) is 131 Å². The van der Waals surface area contributed by atoms with Crippen LogP contribution in [-0.2, 0) is 0 Å². The lowest BCUT2D eigenvalue weighted by atomic mass is 9.91. The van der Waals surface area contributed by atoms with Crippen molar-refractivity contribution in [2.45, 2.75) is 0 Å². The maximum Gasteiger partial charge on any atom is 0.0619 e. The van der Waals surface area contributed by atoms with Crippen molar-refractivity contribution in [1.82, 2.24) is 9.13 Å². The van der Waals surface area contributed by atoms with Crippen molar-refractivity contribution in [3.63, 3.8) is 0 Å². The summed E-state index contributed by atoms with van der Waals surface area (Å²) in [6, 6.07) is 68.2. The number of halogens is 1. The fraction of sp³-hybridized carbons (Fsp3) is 0. The summed E-state index contributed by atoms with van der Waals surface area (Å²) in [5.41, 5.74) is 14.2. The van der Waals surface area contributed by atoms with Crippen LogP contribution >= 0.6 is 15.9 Å². The number of hydrogen-bond donors (Lipinski definition) is 0. The van der Waals surface area contributed by atoms with Gasteiger partial charge in [-0.3, -0.25) is 0 Å². The largest absolute Gasteiger partial charge is 0.309 e. The molecule has 10 aromatic rings. The van der Waals surface area contributed by atoms with Crippen LogP contribution in [-0.4, -0.2) is 9.13 Å². The van der Waals surface area contributed by atoms with Gasteiger partial charge in [-0.05, 0) is 101 Å². The fourth-order valence-corrected chi connectivity index (χ4v) is 8.38. The van der Waals surface area contributed by atoms with E-state index in [-0.39, 0.29) is 0 Å². The van der Waals surface area contributed by atoms with Gasteiger partial charge in [0.05, 0.1) is 22.1 Å². The van der Waals surface area contributed by atoms with Crippen LogP contribution in [0.1, 0.15) is 0 Å². The molecule has 0 fully saturated rings. The van der Waals surface area contributed by atoms with Gasteiger partial charge in [0, 0.05) is 43.0 Å². The van der Waals surface area contributed by atoms with Gasteiger partial charge in [-0.2, -0.15) is 0 Å². The molecule has 0 saturated carbocycles. The van der Waals surface area contributed by atoms with Gasteiger partial charge in [0.15, 0.2) is 0 Å². The third kappa shape index (κ3) is 4.85. The average molecular weight is 716 g/mol. The van der Waals surface area contributed by atoms with E-state index in [2.05, 4.69) is 213 Å². The summed E-state index contributed by atoms with van der Waals surface area (Å²) in [6.07, 6.45) is 0. The third-order valence-corrected chi connectivity index (χ3v) is 10.6. The van der Waals surface area contributed by atoms with Crippen LogP contribution in [0.3, 0.4) is 0 Å². The maximum atomic E-state index is 3.75. The molecule has 0 aliphatic heterocycles. The topological polar surface area (TPSA) is 9.86 Å². The highest BCUT2D eigenvalue weighted by Gasteiger charge is 2.20. The van der Waals surface area contributed by atoms with Gasteiger partial charge in [0.1, 0.15) is 0 Å². The monoisotopic (exact) mass is 714 g/mol. The number of fused-ring (bicyclic) bond motifs is 6. The molecule has 0 radical (unpaired) electrons. The minimum Gasteiger partial charge on any atom is -0.309 e. The van der Waals surface area contributed by atoms with E-state index in [0.29, 0.717) is 0 Å². The quantitative estimate of drug-likeness (QED) is 0.168. The minimum absolute atomic E-state index is 1.06. The lowest BCUT2D eigenvalue weighted by molar-refractivity contribution is 1.18. The van der Waals surface area contributed by atoms with E-state index < -0.39 is 0 Å². The summed E-state index contributed by atoms with van der Waals surface area (Å²) in [6.45, 7) is 0. The Labute approximate surface area is 304 Å². The number of benzene rings is 8. The molecule has 2 heterocycles. The van der Waals surface area contributed by atoms with E-state index in [9.17, 15) is 0 Å². The lowest BCUT2D eigenvalue weighted by Crippen LogP contribution is -1.95. The molecule has 8 aromatic carbocycles. The first-order valence-electron chi connectivity index (χ1n) is 17.3. The molecule has 0 atom stereocenters. The van der Waals surface area contributed by atoms with Gasteiger partial charge in [0.25, 0.3) is 0 Å².